The summed E-state index contributed by atoms with van der Waals surface area (Å²) in [5.41, 5.74) is 0. The second-order valence-electron chi connectivity index (χ2n) is 3.81. The van der Waals surface area contributed by atoms with Crippen molar-refractivity contribution in [2.45, 2.75) is 24.4 Å². The lowest BCUT2D eigenvalue weighted by Crippen LogP contribution is -2.46. The highest BCUT2D eigenvalue weighted by Crippen LogP contribution is 2.20. The Morgan fingerprint density at radius 3 is 2.00 bits per heavy atom. The third-order valence-electron chi connectivity index (χ3n) is 2.27. The lowest BCUT2D eigenvalue weighted by atomic mass is 10.0. The number of para-hydroxylation sites is 1. The third-order valence-corrected chi connectivity index (χ3v) is 2.59. The molecule has 0 spiro atoms. The highest BCUT2D eigenvalue weighted by molar-refractivity contribution is 6.31. The molecule has 1 aromatic carbocycles. The number of benzene rings is 1. The molecule has 7 nitrogen and oxygen atoms in total. The predicted octanol–water partition coefficient (Wildman–Crippen LogP) is -1.33. The molecule has 0 saturated carbocycles. The number of phenols is 1. The molecule has 4 unspecified atom stereocenters. The molecule has 0 aliphatic carbocycles. The first-order valence-corrected chi connectivity index (χ1v) is 5.94. The van der Waals surface area contributed by atoms with Crippen molar-refractivity contribution in [2.75, 3.05) is 6.61 Å². The molecular weight excluding hydrogens is 292 g/mol. The second kappa shape index (κ2) is 9.65. The van der Waals surface area contributed by atoms with E-state index in [2.05, 4.69) is 0 Å². The minimum Gasteiger partial charge on any atom is -0.506 e. The summed E-state index contributed by atoms with van der Waals surface area (Å²) in [5, 5.41) is 52.7. The molecule has 1 rings (SSSR count). The van der Waals surface area contributed by atoms with Gasteiger partial charge in [-0.05, 0) is 12.1 Å². The van der Waals surface area contributed by atoms with Crippen LogP contribution in [0.2, 0.25) is 5.02 Å². The zero-order valence-electron chi connectivity index (χ0n) is 10.4. The predicted molar refractivity (Wildman–Crippen MR) is 70.3 cm³/mol. The maximum Gasteiger partial charge on any atom is 0.151 e. The van der Waals surface area contributed by atoms with Gasteiger partial charge in [-0.2, -0.15) is 0 Å². The number of aromatic hydroxyl groups is 1. The molecular formula is C12H17ClO7. The first kappa shape index (κ1) is 18.8. The zero-order chi connectivity index (χ0) is 15.7. The molecule has 0 aliphatic rings. The lowest BCUT2D eigenvalue weighted by molar-refractivity contribution is -0.136. The van der Waals surface area contributed by atoms with Crippen molar-refractivity contribution >= 4 is 17.9 Å². The summed E-state index contributed by atoms with van der Waals surface area (Å²) in [4.78, 5) is 9.90. The average molecular weight is 309 g/mol. The van der Waals surface area contributed by atoms with Gasteiger partial charge in [-0.15, -0.1) is 0 Å². The van der Waals surface area contributed by atoms with Gasteiger partial charge in [0.2, 0.25) is 0 Å². The number of carbonyl (C=O) groups excluding carboxylic acids is 1. The van der Waals surface area contributed by atoms with E-state index in [1.54, 1.807) is 24.3 Å². The molecule has 6 N–H and O–H groups in total. The second-order valence-corrected chi connectivity index (χ2v) is 4.22. The van der Waals surface area contributed by atoms with Crippen molar-refractivity contribution in [3.8, 4) is 5.75 Å². The Labute approximate surface area is 120 Å². The normalized spacial score (nSPS) is 16.3. The summed E-state index contributed by atoms with van der Waals surface area (Å²) in [6.07, 6.45) is -6.84. The Kier molecular flexibility index (Phi) is 9.06. The van der Waals surface area contributed by atoms with E-state index < -0.39 is 31.0 Å². The van der Waals surface area contributed by atoms with Crippen LogP contribution in [0.5, 0.6) is 5.75 Å². The van der Waals surface area contributed by atoms with Crippen LogP contribution in [-0.2, 0) is 4.79 Å². The molecule has 0 bridgehead atoms. The molecule has 1 aromatic rings. The summed E-state index contributed by atoms with van der Waals surface area (Å²) in [7, 11) is 0. The third kappa shape index (κ3) is 6.29. The molecule has 8 heteroatoms. The van der Waals surface area contributed by atoms with Crippen molar-refractivity contribution in [1.82, 2.24) is 0 Å². The number of aliphatic hydroxyl groups excluding tert-OH is 5. The van der Waals surface area contributed by atoms with Gasteiger partial charge in [0.1, 0.15) is 30.2 Å². The molecule has 0 saturated heterocycles. The molecule has 0 amide bonds. The summed E-state index contributed by atoms with van der Waals surface area (Å²) in [6, 6.07) is 6.67. The van der Waals surface area contributed by atoms with E-state index in [1.807, 2.05) is 0 Å². The van der Waals surface area contributed by atoms with Gasteiger partial charge < -0.3 is 35.4 Å². The Balaban J connectivity index is 0.000000388. The molecule has 0 aromatic heterocycles. The fraction of sp³-hybridized carbons (Fsp3) is 0.417. The maximum absolute atomic E-state index is 9.90. The van der Waals surface area contributed by atoms with Crippen LogP contribution in [0, 0.1) is 0 Å². The Bertz CT molecular complexity index is 380. The summed E-state index contributed by atoms with van der Waals surface area (Å²) < 4.78 is 0. The van der Waals surface area contributed by atoms with E-state index in [0.29, 0.717) is 5.02 Å². The van der Waals surface area contributed by atoms with Crippen LogP contribution in [0.3, 0.4) is 0 Å². The van der Waals surface area contributed by atoms with Gasteiger partial charge >= 0.3 is 0 Å². The standard InChI is InChI=1S/C6H5ClO.C6H12O6/c7-5-3-1-2-4-6(5)8;7-1-3(9)5(11)6(12)4(10)2-8/h1-4,8H;1,3-6,8-12H,2H2. The van der Waals surface area contributed by atoms with Crippen LogP contribution in [-0.4, -0.2) is 67.9 Å². The van der Waals surface area contributed by atoms with Crippen LogP contribution in [0.15, 0.2) is 24.3 Å². The number of aldehydes is 1. The summed E-state index contributed by atoms with van der Waals surface area (Å²) in [6.45, 7) is -0.760. The number of hydrogen-bond donors (Lipinski definition) is 6. The molecule has 0 aliphatic heterocycles. The van der Waals surface area contributed by atoms with Gasteiger partial charge in [0.15, 0.2) is 6.29 Å². The smallest absolute Gasteiger partial charge is 0.151 e. The van der Waals surface area contributed by atoms with Gasteiger partial charge in [0.25, 0.3) is 0 Å². The van der Waals surface area contributed by atoms with Crippen LogP contribution in [0.1, 0.15) is 0 Å². The number of rotatable bonds is 5. The molecule has 0 radical (unpaired) electrons. The molecule has 4 atom stereocenters. The Morgan fingerprint density at radius 1 is 1.10 bits per heavy atom. The van der Waals surface area contributed by atoms with Crippen LogP contribution in [0.4, 0.5) is 0 Å². The highest BCUT2D eigenvalue weighted by Gasteiger charge is 2.29. The van der Waals surface area contributed by atoms with Gasteiger partial charge in [0, 0.05) is 0 Å². The first-order valence-electron chi connectivity index (χ1n) is 5.57. The van der Waals surface area contributed by atoms with Crippen LogP contribution < -0.4 is 0 Å². The van der Waals surface area contributed by atoms with Gasteiger partial charge in [-0.1, -0.05) is 23.7 Å². The minimum absolute atomic E-state index is 0.0258. The Morgan fingerprint density at radius 2 is 1.65 bits per heavy atom. The maximum atomic E-state index is 9.90. The molecule has 114 valence electrons. The lowest BCUT2D eigenvalue weighted by Gasteiger charge is -2.22. The Hall–Kier alpha value is -1.22. The first-order chi connectivity index (χ1) is 9.34. The number of hydrogen-bond acceptors (Lipinski definition) is 7. The minimum atomic E-state index is -1.79. The van der Waals surface area contributed by atoms with Crippen molar-refractivity contribution in [3.05, 3.63) is 29.3 Å². The van der Waals surface area contributed by atoms with Crippen LogP contribution in [0.25, 0.3) is 0 Å². The van der Waals surface area contributed by atoms with E-state index in [4.69, 9.17) is 42.2 Å². The number of aliphatic hydroxyl groups is 5. The van der Waals surface area contributed by atoms with E-state index in [1.165, 1.54) is 0 Å². The van der Waals surface area contributed by atoms with Crippen molar-refractivity contribution in [2.24, 2.45) is 0 Å². The number of halogens is 1. The highest BCUT2D eigenvalue weighted by atomic mass is 35.5. The van der Waals surface area contributed by atoms with E-state index >= 15 is 0 Å². The van der Waals surface area contributed by atoms with Crippen molar-refractivity contribution in [3.63, 3.8) is 0 Å². The summed E-state index contributed by atoms with van der Waals surface area (Å²) >= 11 is 5.46. The van der Waals surface area contributed by atoms with Gasteiger partial charge in [-0.25, -0.2) is 0 Å². The van der Waals surface area contributed by atoms with Crippen molar-refractivity contribution < 1.29 is 35.4 Å². The number of carbonyl (C=O) groups is 1. The van der Waals surface area contributed by atoms with E-state index in [0.717, 1.165) is 0 Å². The fourth-order valence-corrected chi connectivity index (χ4v) is 1.21. The van der Waals surface area contributed by atoms with Gasteiger partial charge in [0.05, 0.1) is 11.6 Å². The largest absolute Gasteiger partial charge is 0.506 e. The average Bonchev–Trinajstić information content (AvgIpc) is 2.47. The van der Waals surface area contributed by atoms with E-state index in [-0.39, 0.29) is 12.0 Å². The summed E-state index contributed by atoms with van der Waals surface area (Å²) in [5.74, 6) is 0.133. The molecule has 0 fully saturated rings. The monoisotopic (exact) mass is 308 g/mol. The zero-order valence-corrected chi connectivity index (χ0v) is 11.1. The van der Waals surface area contributed by atoms with Crippen molar-refractivity contribution in [1.29, 1.82) is 0 Å². The SMILES string of the molecule is O=CC(O)C(O)C(O)C(O)CO.Oc1ccccc1Cl. The molecule has 20 heavy (non-hydrogen) atoms. The topological polar surface area (TPSA) is 138 Å². The van der Waals surface area contributed by atoms with Crippen LogP contribution >= 0.6 is 11.6 Å². The molecule has 0 heterocycles. The quantitative estimate of drug-likeness (QED) is 0.370. The fourth-order valence-electron chi connectivity index (χ4n) is 1.07. The van der Waals surface area contributed by atoms with Gasteiger partial charge in [-0.3, -0.25) is 0 Å². The van der Waals surface area contributed by atoms with E-state index in [9.17, 15) is 4.79 Å². The number of phenolic OH excluding ortho intramolecular Hbond substituents is 1.